The molecule has 0 fully saturated rings. The lowest BCUT2D eigenvalue weighted by Crippen LogP contribution is -2.32. The summed E-state index contributed by atoms with van der Waals surface area (Å²) in [5.41, 5.74) is 33.4. The van der Waals surface area contributed by atoms with Gasteiger partial charge in [-0.1, -0.05) is 410 Å². The topological polar surface area (TPSA) is 14.8 Å². The van der Waals surface area contributed by atoms with Gasteiger partial charge in [0.1, 0.15) is 0 Å². The Bertz CT molecular complexity index is 8660. The highest BCUT2D eigenvalue weighted by molar-refractivity contribution is 7.82. The van der Waals surface area contributed by atoms with Crippen molar-refractivity contribution in [1.29, 1.82) is 0 Å². The molecule has 3 aromatic heterocycles. The molecular weight excluding hydrogens is 1610 g/mol. The molecule has 0 N–H and O–H groups in total. The van der Waals surface area contributed by atoms with Crippen LogP contribution in [0.15, 0.2) is 437 Å². The minimum atomic E-state index is -0.894. The van der Waals surface area contributed by atoms with Gasteiger partial charge in [-0.25, -0.2) is 0 Å². The van der Waals surface area contributed by atoms with Crippen LogP contribution in [0, 0.1) is 0 Å². The van der Waals surface area contributed by atoms with E-state index in [2.05, 4.69) is 478 Å². The fourth-order valence-corrected chi connectivity index (χ4v) is 32.4. The van der Waals surface area contributed by atoms with Gasteiger partial charge in [0.2, 0.25) is 0 Å². The summed E-state index contributed by atoms with van der Waals surface area (Å²) in [5.74, 6) is 0. The molecular formula is C123H84N3P3. The average Bonchev–Trinajstić information content (AvgIpc) is 1.52. The molecule has 6 heterocycles. The average molecular weight is 1700 g/mol. The second kappa shape index (κ2) is 28.3. The predicted octanol–water partition coefficient (Wildman–Crippen LogP) is 27.5. The summed E-state index contributed by atoms with van der Waals surface area (Å²) in [7, 11) is -2.56. The lowest BCUT2D eigenvalue weighted by molar-refractivity contribution is 0.660. The SMILES string of the molecule is CC1(C)c2ccccc2-c2c1ccc1c2P(c2ccc3ccccc3c2)c2cc(-c3ccccc3)cc3c4ccccc4n-1c23.CC1(C)c2ccccc2-c2c1ccc1c2P(c2cccc3ccccc23)c2cccc3c4ccccc4n-1c23.c1ccc(P2c3c(ccc4c3-c3ccccc3C4(c3ccccc3)c3ccccc3)-n3c4ccccc4c4cccc2c43)cc1. The molecule has 3 atom stereocenters. The van der Waals surface area contributed by atoms with E-state index in [1.54, 1.807) is 0 Å². The molecule has 0 amide bonds. The van der Waals surface area contributed by atoms with Crippen molar-refractivity contribution in [3.8, 4) is 61.6 Å². The molecule has 129 heavy (non-hydrogen) atoms. The molecule has 3 aliphatic carbocycles. The first-order valence-corrected chi connectivity index (χ1v) is 49.2. The lowest BCUT2D eigenvalue weighted by atomic mass is 9.68. The number of rotatable bonds is 6. The molecule has 0 radical (unpaired) electrons. The van der Waals surface area contributed by atoms with Crippen molar-refractivity contribution in [2.75, 3.05) is 0 Å². The summed E-state index contributed by atoms with van der Waals surface area (Å²) in [6, 6.07) is 164. The monoisotopic (exact) mass is 1700 g/mol. The molecule has 3 nitrogen and oxygen atoms in total. The molecule has 0 spiro atoms. The molecule has 0 saturated heterocycles. The number of nitrogens with zero attached hydrogens (tertiary/aromatic N) is 3. The van der Waals surface area contributed by atoms with Crippen LogP contribution in [0.3, 0.4) is 0 Å². The van der Waals surface area contributed by atoms with E-state index >= 15 is 0 Å². The Labute approximate surface area is 753 Å². The third-order valence-corrected chi connectivity index (χ3v) is 37.0. The molecule has 6 aliphatic rings. The van der Waals surface area contributed by atoms with Crippen LogP contribution in [0.5, 0.6) is 0 Å². The maximum atomic E-state index is 2.58. The molecule has 3 unspecified atom stereocenters. The number of fused-ring (bicyclic) bond motifs is 29. The number of hydrogen-bond acceptors (Lipinski definition) is 0. The van der Waals surface area contributed by atoms with E-state index in [4.69, 9.17) is 0 Å². The van der Waals surface area contributed by atoms with E-state index in [0.29, 0.717) is 0 Å². The van der Waals surface area contributed by atoms with Crippen LogP contribution in [-0.2, 0) is 16.2 Å². The second-order valence-corrected chi connectivity index (χ2v) is 42.8. The van der Waals surface area contributed by atoms with Gasteiger partial charge in [0.25, 0.3) is 0 Å². The molecule has 0 saturated carbocycles. The van der Waals surface area contributed by atoms with Crippen LogP contribution in [0.2, 0.25) is 0 Å². The molecule has 3 aliphatic heterocycles. The molecule has 20 aromatic carbocycles. The van der Waals surface area contributed by atoms with Crippen molar-refractivity contribution >= 4 is 158 Å². The largest absolute Gasteiger partial charge is 0.308 e. The van der Waals surface area contributed by atoms with Crippen molar-refractivity contribution in [1.82, 2.24) is 13.7 Å². The van der Waals surface area contributed by atoms with Gasteiger partial charge < -0.3 is 13.7 Å². The molecule has 23 aromatic rings. The summed E-state index contributed by atoms with van der Waals surface area (Å²) in [4.78, 5) is 0. The van der Waals surface area contributed by atoms with Gasteiger partial charge in [-0.05, 0) is 205 Å². The van der Waals surface area contributed by atoms with Crippen molar-refractivity contribution in [2.45, 2.75) is 43.9 Å². The van der Waals surface area contributed by atoms with E-state index in [1.807, 2.05) is 0 Å². The van der Waals surface area contributed by atoms with Crippen molar-refractivity contribution in [3.63, 3.8) is 0 Å². The van der Waals surface area contributed by atoms with Crippen LogP contribution in [0.4, 0.5) is 0 Å². The van der Waals surface area contributed by atoms with Crippen LogP contribution in [-0.4, -0.2) is 13.7 Å². The third-order valence-electron chi connectivity index (χ3n) is 29.3. The summed E-state index contributed by atoms with van der Waals surface area (Å²) < 4.78 is 7.71. The van der Waals surface area contributed by atoms with E-state index in [-0.39, 0.29) is 10.8 Å². The maximum Gasteiger partial charge on any atom is 0.0713 e. The van der Waals surface area contributed by atoms with Gasteiger partial charge in [0.15, 0.2) is 0 Å². The predicted molar refractivity (Wildman–Crippen MR) is 552 cm³/mol. The fourth-order valence-electron chi connectivity index (χ4n) is 23.9. The minimum absolute atomic E-state index is 0.0360. The highest BCUT2D eigenvalue weighted by atomic mass is 31.1. The van der Waals surface area contributed by atoms with Gasteiger partial charge in [-0.15, -0.1) is 0 Å². The number of aromatic nitrogens is 3. The van der Waals surface area contributed by atoms with Crippen LogP contribution < -0.4 is 47.7 Å². The van der Waals surface area contributed by atoms with E-state index in [9.17, 15) is 0 Å². The lowest BCUT2D eigenvalue weighted by Gasteiger charge is -2.35. The smallest absolute Gasteiger partial charge is 0.0713 e. The zero-order valence-corrected chi connectivity index (χ0v) is 74.4. The first kappa shape index (κ1) is 74.8. The standard InChI is InChI=1S/C43H30NP.C43H28NP.C37H26NP/c1-43(2)35-18-10-8-17-33(35)40-36(43)22-23-38-42(40)45(31-21-20-28-14-6-7-15-29(28)24-31)39-26-30(27-12-4-3-5-13-27)25-34-32-16-9-11-19-37(32)44(38)41(34)39;1-4-15-29(16-5-1)43(30-17-6-2-7-18-30)35-24-12-10-22-34(35)40-36(43)27-28-38-42(40)45(31-19-8-3-9-20-31)39-26-14-23-33-32-21-11-13-25-37(32)44(38)41(33)39;1-37(2)28-17-7-5-15-27(28)34-29(37)21-22-31-36(34)39(32-19-9-12-23-11-3-4-13-24(23)32)33-20-10-16-26-25-14-6-8-18-30(25)38(31)35(26)33/h3-26H,1-2H3;1-28H;3-22H,1-2H3. The van der Waals surface area contributed by atoms with Gasteiger partial charge in [0.05, 0.1) is 55.6 Å². The van der Waals surface area contributed by atoms with Gasteiger partial charge in [-0.3, -0.25) is 0 Å². The Hall–Kier alpha value is -14.4. The molecule has 29 rings (SSSR count). The Morgan fingerprint density at radius 3 is 1.15 bits per heavy atom. The summed E-state index contributed by atoms with van der Waals surface area (Å²) in [5, 5.41) is 26.2. The van der Waals surface area contributed by atoms with Gasteiger partial charge >= 0.3 is 0 Å². The van der Waals surface area contributed by atoms with Crippen molar-refractivity contribution in [3.05, 3.63) is 481 Å². The summed E-state index contributed by atoms with van der Waals surface area (Å²) >= 11 is 0. The summed E-state index contributed by atoms with van der Waals surface area (Å²) in [6.45, 7) is 9.58. The number of benzene rings is 20. The van der Waals surface area contributed by atoms with E-state index in [1.165, 1.54) is 241 Å². The number of para-hydroxylation sites is 5. The maximum absolute atomic E-state index is 2.58. The number of hydrogen-bond donors (Lipinski definition) is 0. The first-order valence-electron chi connectivity index (χ1n) is 45.1. The third kappa shape index (κ3) is 10.5. The fraction of sp³-hybridized carbons (Fsp3) is 0.0569. The Balaban J connectivity index is 0.000000100. The van der Waals surface area contributed by atoms with Crippen molar-refractivity contribution in [2.24, 2.45) is 0 Å². The van der Waals surface area contributed by atoms with Crippen LogP contribution in [0.1, 0.15) is 72.2 Å². The Kier molecular flexibility index (Phi) is 16.4. The highest BCUT2D eigenvalue weighted by Gasteiger charge is 2.50. The molecule has 6 heteroatoms. The highest BCUT2D eigenvalue weighted by Crippen LogP contribution is 2.62. The van der Waals surface area contributed by atoms with E-state index < -0.39 is 29.2 Å². The van der Waals surface area contributed by atoms with Crippen LogP contribution >= 0.6 is 23.8 Å². The van der Waals surface area contributed by atoms with Crippen molar-refractivity contribution < 1.29 is 0 Å². The molecule has 606 valence electrons. The minimum Gasteiger partial charge on any atom is -0.308 e. The van der Waals surface area contributed by atoms with Gasteiger partial charge in [-0.2, -0.15) is 0 Å². The second-order valence-electron chi connectivity index (χ2n) is 36.5. The zero-order valence-electron chi connectivity index (χ0n) is 71.8. The summed E-state index contributed by atoms with van der Waals surface area (Å²) in [6.07, 6.45) is 0. The van der Waals surface area contributed by atoms with E-state index in [0.717, 1.165) is 0 Å². The van der Waals surface area contributed by atoms with Crippen LogP contribution in [0.25, 0.3) is 149 Å². The van der Waals surface area contributed by atoms with Gasteiger partial charge in [0, 0.05) is 75.0 Å². The quantitative estimate of drug-likeness (QED) is 0.147. The Morgan fingerprint density at radius 2 is 0.589 bits per heavy atom. The molecule has 0 bridgehead atoms. The first-order chi connectivity index (χ1) is 63.6. The normalized spacial score (nSPS) is 15.9. The zero-order chi connectivity index (χ0) is 85.3. The Morgan fingerprint density at radius 1 is 0.209 bits per heavy atom.